The lowest BCUT2D eigenvalue weighted by Gasteiger charge is -2.21. The van der Waals surface area contributed by atoms with Crippen molar-refractivity contribution in [3.8, 4) is 0 Å². The van der Waals surface area contributed by atoms with Gasteiger partial charge in [-0.25, -0.2) is 9.80 Å². The van der Waals surface area contributed by atoms with Crippen LogP contribution in [0.2, 0.25) is 0 Å². The summed E-state index contributed by atoms with van der Waals surface area (Å²) < 4.78 is 1.49. The molecule has 1 aromatic rings. The van der Waals surface area contributed by atoms with Gasteiger partial charge in [-0.1, -0.05) is 6.07 Å². The maximum Gasteiger partial charge on any atom is 0.328 e. The van der Waals surface area contributed by atoms with Crippen molar-refractivity contribution in [3.63, 3.8) is 0 Å². The van der Waals surface area contributed by atoms with Crippen LogP contribution in [0.1, 0.15) is 12.0 Å². The average molecular weight is 362 g/mol. The molecule has 90 valence electrons. The molecule has 0 spiro atoms. The van der Waals surface area contributed by atoms with Gasteiger partial charge >= 0.3 is 5.97 Å². The second-order valence-corrected chi connectivity index (χ2v) is 5.60. The molecule has 1 N–H and O–H groups in total. The topological polar surface area (TPSA) is 52.9 Å². The molecule has 1 aliphatic rings. The molecule has 0 aromatic heterocycles. The lowest BCUT2D eigenvalue weighted by atomic mass is 10.2. The summed E-state index contributed by atoms with van der Waals surface area (Å²) in [5.41, 5.74) is 1.87. The molecule has 0 saturated carbocycles. The second-order valence-electron chi connectivity index (χ2n) is 3.83. The highest BCUT2D eigenvalue weighted by Gasteiger charge is 2.33. The number of anilines is 1. The third-order valence-electron chi connectivity index (χ3n) is 2.51. The van der Waals surface area contributed by atoms with Gasteiger partial charge in [-0.15, -0.1) is 0 Å². The van der Waals surface area contributed by atoms with Crippen LogP contribution in [-0.4, -0.2) is 21.7 Å². The molecule has 0 bridgehead atoms. The summed E-state index contributed by atoms with van der Waals surface area (Å²) in [7, 11) is 0. The maximum atomic E-state index is 11.2. The average Bonchev–Trinajstić information content (AvgIpc) is 2.60. The molecule has 1 heterocycles. The minimum Gasteiger partial charge on any atom is -0.480 e. The Labute approximate surface area is 116 Å². The van der Waals surface area contributed by atoms with Crippen LogP contribution in [0.3, 0.4) is 0 Å². The van der Waals surface area contributed by atoms with Crippen molar-refractivity contribution in [2.75, 3.05) is 5.01 Å². The third kappa shape index (κ3) is 2.52. The predicted octanol–water partition coefficient (Wildman–Crippen LogP) is 3.13. The highest BCUT2D eigenvalue weighted by Crippen LogP contribution is 2.33. The van der Waals surface area contributed by atoms with Crippen molar-refractivity contribution in [3.05, 3.63) is 28.2 Å². The van der Waals surface area contributed by atoms with Gasteiger partial charge in [0.25, 0.3) is 0 Å². The molecule has 0 unspecified atom stereocenters. The SMILES string of the molecule is Cc1ccc(N2N=C(Br)C[C@H]2C(=O)O)c(Br)c1. The van der Waals surface area contributed by atoms with Gasteiger partial charge in [0, 0.05) is 10.9 Å². The Morgan fingerprint density at radius 2 is 2.24 bits per heavy atom. The molecule has 0 fully saturated rings. The lowest BCUT2D eigenvalue weighted by molar-refractivity contribution is -0.138. The van der Waals surface area contributed by atoms with Crippen LogP contribution in [-0.2, 0) is 4.79 Å². The lowest BCUT2D eigenvalue weighted by Crippen LogP contribution is -2.34. The highest BCUT2D eigenvalue weighted by molar-refractivity contribution is 9.18. The van der Waals surface area contributed by atoms with Crippen molar-refractivity contribution in [1.82, 2.24) is 0 Å². The predicted molar refractivity (Wildman–Crippen MR) is 73.8 cm³/mol. The van der Waals surface area contributed by atoms with Gasteiger partial charge in [-0.3, -0.25) is 0 Å². The molecule has 17 heavy (non-hydrogen) atoms. The maximum absolute atomic E-state index is 11.2. The number of carboxylic acid groups (broad SMARTS) is 1. The number of hydrogen-bond donors (Lipinski definition) is 1. The number of carbonyl (C=O) groups is 1. The summed E-state index contributed by atoms with van der Waals surface area (Å²) in [5.74, 6) is -0.879. The summed E-state index contributed by atoms with van der Waals surface area (Å²) in [6.07, 6.45) is 0.385. The summed E-state index contributed by atoms with van der Waals surface area (Å²) in [6.45, 7) is 1.98. The van der Waals surface area contributed by atoms with Crippen molar-refractivity contribution >= 4 is 48.1 Å². The molecule has 1 aromatic carbocycles. The Hall–Kier alpha value is -0.880. The highest BCUT2D eigenvalue weighted by atomic mass is 79.9. The number of nitrogens with zero attached hydrogens (tertiary/aromatic N) is 2. The molecule has 6 heteroatoms. The number of benzene rings is 1. The van der Waals surface area contributed by atoms with Crippen molar-refractivity contribution in [2.24, 2.45) is 5.10 Å². The first-order chi connectivity index (χ1) is 7.99. The Kier molecular flexibility index (Phi) is 3.53. The Morgan fingerprint density at radius 1 is 1.53 bits per heavy atom. The summed E-state index contributed by atoms with van der Waals surface area (Å²) in [4.78, 5) is 11.2. The van der Waals surface area contributed by atoms with E-state index in [2.05, 4.69) is 37.0 Å². The zero-order chi connectivity index (χ0) is 12.6. The van der Waals surface area contributed by atoms with E-state index in [1.807, 2.05) is 25.1 Å². The van der Waals surface area contributed by atoms with Gasteiger partial charge in [-0.05, 0) is 56.5 Å². The number of aliphatic carboxylic acids is 1. The van der Waals surface area contributed by atoms with Crippen molar-refractivity contribution in [2.45, 2.75) is 19.4 Å². The van der Waals surface area contributed by atoms with Crippen LogP contribution in [0.5, 0.6) is 0 Å². The minimum absolute atomic E-state index is 0.385. The molecule has 1 aliphatic heterocycles. The minimum atomic E-state index is -0.879. The fourth-order valence-corrected chi connectivity index (χ4v) is 2.84. The molecule has 4 nitrogen and oxygen atoms in total. The first kappa shape index (κ1) is 12.6. The van der Waals surface area contributed by atoms with E-state index < -0.39 is 12.0 Å². The van der Waals surface area contributed by atoms with E-state index in [0.717, 1.165) is 15.7 Å². The van der Waals surface area contributed by atoms with E-state index in [0.29, 0.717) is 11.0 Å². The zero-order valence-corrected chi connectivity index (χ0v) is 12.2. The normalized spacial score (nSPS) is 19.4. The van der Waals surface area contributed by atoms with E-state index in [1.54, 1.807) is 0 Å². The Morgan fingerprint density at radius 3 is 2.82 bits per heavy atom. The standard InChI is InChI=1S/C11H10Br2N2O2/c1-6-2-3-8(7(12)4-6)15-9(11(16)17)5-10(13)14-15/h2-4,9H,5H2,1H3,(H,16,17)/t9-/m0/s1. The zero-order valence-electron chi connectivity index (χ0n) is 9.02. The van der Waals surface area contributed by atoms with Crippen molar-refractivity contribution < 1.29 is 9.90 Å². The quantitative estimate of drug-likeness (QED) is 0.880. The van der Waals surface area contributed by atoms with Gasteiger partial charge in [0.15, 0.2) is 6.04 Å². The van der Waals surface area contributed by atoms with Crippen molar-refractivity contribution in [1.29, 1.82) is 0 Å². The molecule has 2 rings (SSSR count). The molecule has 1 atom stereocenters. The van der Waals surface area contributed by atoms with E-state index >= 15 is 0 Å². The van der Waals surface area contributed by atoms with E-state index in [1.165, 1.54) is 5.01 Å². The van der Waals surface area contributed by atoms with Gasteiger partial charge in [-0.2, -0.15) is 5.10 Å². The smallest absolute Gasteiger partial charge is 0.328 e. The number of halogens is 2. The van der Waals surface area contributed by atoms with E-state index in [-0.39, 0.29) is 0 Å². The Bertz CT molecular complexity index is 502. The summed E-state index contributed by atoms with van der Waals surface area (Å²) in [5, 5.41) is 14.9. The molecule has 0 aliphatic carbocycles. The van der Waals surface area contributed by atoms with Crippen LogP contribution in [0.25, 0.3) is 0 Å². The fraction of sp³-hybridized carbons (Fsp3) is 0.273. The van der Waals surface area contributed by atoms with Crippen LogP contribution in [0.4, 0.5) is 5.69 Å². The molecular formula is C11H10Br2N2O2. The summed E-state index contributed by atoms with van der Waals surface area (Å²) in [6, 6.07) is 5.09. The Balaban J connectivity index is 2.41. The molecule has 0 amide bonds. The first-order valence-electron chi connectivity index (χ1n) is 5.00. The fourth-order valence-electron chi connectivity index (χ4n) is 1.68. The van der Waals surface area contributed by atoms with Gasteiger partial charge in [0.05, 0.1) is 5.69 Å². The number of hydrazone groups is 1. The summed E-state index contributed by atoms with van der Waals surface area (Å²) >= 11 is 6.69. The van der Waals surface area contributed by atoms with Gasteiger partial charge < -0.3 is 5.11 Å². The molecule has 0 radical (unpaired) electrons. The molecule has 0 saturated heterocycles. The van der Waals surface area contributed by atoms with Crippen LogP contribution < -0.4 is 5.01 Å². The monoisotopic (exact) mass is 360 g/mol. The number of hydrogen-bond acceptors (Lipinski definition) is 3. The van der Waals surface area contributed by atoms with Crippen LogP contribution >= 0.6 is 31.9 Å². The van der Waals surface area contributed by atoms with Crippen LogP contribution in [0, 0.1) is 6.92 Å². The van der Waals surface area contributed by atoms with E-state index in [4.69, 9.17) is 5.11 Å². The first-order valence-corrected chi connectivity index (χ1v) is 6.59. The largest absolute Gasteiger partial charge is 0.480 e. The molecular weight excluding hydrogens is 352 g/mol. The number of rotatable bonds is 2. The van der Waals surface area contributed by atoms with Gasteiger partial charge in [0.2, 0.25) is 0 Å². The second kappa shape index (κ2) is 4.78. The third-order valence-corrected chi connectivity index (χ3v) is 3.63. The van der Waals surface area contributed by atoms with Crippen LogP contribution in [0.15, 0.2) is 27.8 Å². The van der Waals surface area contributed by atoms with Gasteiger partial charge in [0.1, 0.15) is 4.62 Å². The number of aryl methyl sites for hydroxylation is 1. The van der Waals surface area contributed by atoms with E-state index in [9.17, 15) is 4.79 Å². The number of carboxylic acids is 1.